The smallest absolute Gasteiger partial charge is 0.244 e. The predicted octanol–water partition coefficient (Wildman–Crippen LogP) is 1.71. The van der Waals surface area contributed by atoms with E-state index in [1.807, 2.05) is 17.5 Å². The molecule has 6 heteroatoms. The maximum atomic E-state index is 5.76. The van der Waals surface area contributed by atoms with E-state index < -0.39 is 0 Å². The van der Waals surface area contributed by atoms with Crippen LogP contribution < -0.4 is 15.2 Å². The van der Waals surface area contributed by atoms with Crippen molar-refractivity contribution in [2.24, 2.45) is 0 Å². The summed E-state index contributed by atoms with van der Waals surface area (Å²) in [6.07, 6.45) is 1.36. The number of aromatic nitrogens is 2. The van der Waals surface area contributed by atoms with Crippen LogP contribution in [0.2, 0.25) is 0 Å². The molecule has 0 aromatic carbocycles. The zero-order chi connectivity index (χ0) is 11.4. The summed E-state index contributed by atoms with van der Waals surface area (Å²) < 4.78 is 10.4. The van der Waals surface area contributed by atoms with E-state index in [2.05, 4.69) is 9.97 Å². The van der Waals surface area contributed by atoms with Gasteiger partial charge in [-0.05, 0) is 11.4 Å². The normalized spacial score (nSPS) is 10.1. The topological polar surface area (TPSA) is 70.3 Å². The Morgan fingerprint density at radius 2 is 2.19 bits per heavy atom. The highest BCUT2D eigenvalue weighted by Gasteiger charge is 2.09. The Morgan fingerprint density at radius 3 is 2.88 bits per heavy atom. The second-order valence-electron chi connectivity index (χ2n) is 2.97. The molecule has 16 heavy (non-hydrogen) atoms. The summed E-state index contributed by atoms with van der Waals surface area (Å²) in [5.74, 6) is 0.677. The van der Waals surface area contributed by atoms with Crippen LogP contribution >= 0.6 is 11.3 Å². The highest BCUT2D eigenvalue weighted by atomic mass is 32.1. The van der Waals surface area contributed by atoms with E-state index in [1.165, 1.54) is 13.4 Å². The number of nitrogens with two attached hydrogens (primary N) is 1. The van der Waals surface area contributed by atoms with Gasteiger partial charge in [-0.15, -0.1) is 11.3 Å². The van der Waals surface area contributed by atoms with Crippen LogP contribution in [-0.2, 0) is 6.61 Å². The molecule has 0 aliphatic carbocycles. The molecule has 0 radical (unpaired) electrons. The molecule has 0 unspecified atom stereocenters. The molecule has 2 rings (SSSR count). The summed E-state index contributed by atoms with van der Waals surface area (Å²) in [5.41, 5.74) is 6.08. The second-order valence-corrected chi connectivity index (χ2v) is 4.00. The third kappa shape index (κ3) is 2.22. The quantitative estimate of drug-likeness (QED) is 0.876. The molecule has 5 nitrogen and oxygen atoms in total. The minimum absolute atomic E-state index is 0.321. The SMILES string of the molecule is COc1ncnc(OCc2cccs2)c1N. The number of nitrogen functional groups attached to an aromatic ring is 1. The van der Waals surface area contributed by atoms with Crippen LogP contribution in [-0.4, -0.2) is 17.1 Å². The Balaban J connectivity index is 2.09. The highest BCUT2D eigenvalue weighted by Crippen LogP contribution is 2.26. The van der Waals surface area contributed by atoms with E-state index in [-0.39, 0.29) is 0 Å². The molecule has 2 N–H and O–H groups in total. The van der Waals surface area contributed by atoms with Crippen molar-refractivity contribution in [3.63, 3.8) is 0 Å². The summed E-state index contributed by atoms with van der Waals surface area (Å²) in [6.45, 7) is 0.446. The van der Waals surface area contributed by atoms with Crippen LogP contribution in [0.1, 0.15) is 4.88 Å². The molecule has 0 fully saturated rings. The Bertz CT molecular complexity index is 459. The van der Waals surface area contributed by atoms with E-state index >= 15 is 0 Å². The summed E-state index contributed by atoms with van der Waals surface area (Å²) in [4.78, 5) is 8.93. The molecule has 2 aromatic heterocycles. The molecule has 2 aromatic rings. The van der Waals surface area contributed by atoms with Crippen LogP contribution in [0.15, 0.2) is 23.8 Å². The molecule has 0 spiro atoms. The monoisotopic (exact) mass is 237 g/mol. The summed E-state index contributed by atoms with van der Waals surface area (Å²) in [7, 11) is 1.50. The third-order valence-corrected chi connectivity index (χ3v) is 2.79. The van der Waals surface area contributed by atoms with Gasteiger partial charge in [-0.25, -0.2) is 0 Å². The lowest BCUT2D eigenvalue weighted by Crippen LogP contribution is -2.03. The van der Waals surface area contributed by atoms with Crippen LogP contribution in [0.25, 0.3) is 0 Å². The van der Waals surface area contributed by atoms with Gasteiger partial charge in [0, 0.05) is 4.88 Å². The average molecular weight is 237 g/mol. The first-order valence-corrected chi connectivity index (χ1v) is 5.49. The molecule has 0 saturated carbocycles. The van der Waals surface area contributed by atoms with Crippen molar-refractivity contribution in [1.29, 1.82) is 0 Å². The second kappa shape index (κ2) is 4.80. The number of anilines is 1. The molecule has 0 aliphatic heterocycles. The van der Waals surface area contributed by atoms with Crippen molar-refractivity contribution >= 4 is 17.0 Å². The van der Waals surface area contributed by atoms with Gasteiger partial charge >= 0.3 is 0 Å². The Morgan fingerprint density at radius 1 is 1.38 bits per heavy atom. The van der Waals surface area contributed by atoms with Gasteiger partial charge < -0.3 is 15.2 Å². The molecule has 0 saturated heterocycles. The first-order chi connectivity index (χ1) is 7.81. The van der Waals surface area contributed by atoms with Crippen molar-refractivity contribution in [1.82, 2.24) is 9.97 Å². The van der Waals surface area contributed by atoms with Crippen molar-refractivity contribution < 1.29 is 9.47 Å². The Hall–Kier alpha value is -1.82. The zero-order valence-corrected chi connectivity index (χ0v) is 9.53. The van der Waals surface area contributed by atoms with Crippen molar-refractivity contribution in [2.45, 2.75) is 6.61 Å². The minimum atomic E-state index is 0.321. The van der Waals surface area contributed by atoms with Crippen LogP contribution in [0, 0.1) is 0 Å². The van der Waals surface area contributed by atoms with Crippen molar-refractivity contribution in [2.75, 3.05) is 12.8 Å². The molecule has 0 aliphatic rings. The largest absolute Gasteiger partial charge is 0.479 e. The molecule has 0 atom stereocenters. The fraction of sp³-hybridized carbons (Fsp3) is 0.200. The molecular weight excluding hydrogens is 226 g/mol. The molecule has 0 amide bonds. The standard InChI is InChI=1S/C10H11N3O2S/c1-14-9-8(11)10(13-6-12-9)15-5-7-3-2-4-16-7/h2-4,6H,5,11H2,1H3. The van der Waals surface area contributed by atoms with E-state index in [0.717, 1.165) is 4.88 Å². The number of hydrogen-bond donors (Lipinski definition) is 1. The van der Waals surface area contributed by atoms with Gasteiger partial charge in [-0.3, -0.25) is 0 Å². The van der Waals surface area contributed by atoms with Crippen LogP contribution in [0.4, 0.5) is 5.69 Å². The minimum Gasteiger partial charge on any atom is -0.479 e. The first kappa shape index (κ1) is 10.7. The highest BCUT2D eigenvalue weighted by molar-refractivity contribution is 7.09. The van der Waals surface area contributed by atoms with Gasteiger partial charge in [-0.1, -0.05) is 6.07 Å². The van der Waals surface area contributed by atoms with Gasteiger partial charge in [0.05, 0.1) is 7.11 Å². The van der Waals surface area contributed by atoms with Gasteiger partial charge in [0.2, 0.25) is 11.8 Å². The third-order valence-electron chi connectivity index (χ3n) is 1.94. The molecule has 2 heterocycles. The zero-order valence-electron chi connectivity index (χ0n) is 8.71. The number of nitrogens with zero attached hydrogens (tertiary/aromatic N) is 2. The van der Waals surface area contributed by atoms with E-state index in [0.29, 0.717) is 24.1 Å². The number of rotatable bonds is 4. The van der Waals surface area contributed by atoms with Gasteiger partial charge in [-0.2, -0.15) is 9.97 Å². The average Bonchev–Trinajstić information content (AvgIpc) is 2.81. The van der Waals surface area contributed by atoms with E-state index in [4.69, 9.17) is 15.2 Å². The van der Waals surface area contributed by atoms with Gasteiger partial charge in [0.25, 0.3) is 0 Å². The van der Waals surface area contributed by atoms with E-state index in [9.17, 15) is 0 Å². The Labute approximate surface area is 96.9 Å². The number of hydrogen-bond acceptors (Lipinski definition) is 6. The summed E-state index contributed by atoms with van der Waals surface area (Å²) in [6, 6.07) is 3.95. The van der Waals surface area contributed by atoms with E-state index in [1.54, 1.807) is 11.3 Å². The lowest BCUT2D eigenvalue weighted by atomic mass is 10.5. The fourth-order valence-electron chi connectivity index (χ4n) is 1.18. The summed E-state index contributed by atoms with van der Waals surface area (Å²) >= 11 is 1.62. The molecule has 84 valence electrons. The lowest BCUT2D eigenvalue weighted by Gasteiger charge is -2.08. The first-order valence-electron chi connectivity index (χ1n) is 4.61. The number of ether oxygens (including phenoxy) is 2. The lowest BCUT2D eigenvalue weighted by molar-refractivity contribution is 0.295. The van der Waals surface area contributed by atoms with Crippen molar-refractivity contribution in [3.05, 3.63) is 28.7 Å². The van der Waals surface area contributed by atoms with Gasteiger partial charge in [0.1, 0.15) is 12.9 Å². The maximum Gasteiger partial charge on any atom is 0.244 e. The number of methoxy groups -OCH3 is 1. The Kier molecular flexibility index (Phi) is 3.21. The van der Waals surface area contributed by atoms with Crippen molar-refractivity contribution in [3.8, 4) is 11.8 Å². The van der Waals surface area contributed by atoms with Gasteiger partial charge in [0.15, 0.2) is 5.69 Å². The van der Waals surface area contributed by atoms with Crippen LogP contribution in [0.5, 0.6) is 11.8 Å². The molecular formula is C10H11N3O2S. The van der Waals surface area contributed by atoms with Crippen LogP contribution in [0.3, 0.4) is 0 Å². The summed E-state index contributed by atoms with van der Waals surface area (Å²) in [5, 5.41) is 1.99. The fourth-order valence-corrected chi connectivity index (χ4v) is 1.79. The molecule has 0 bridgehead atoms. The maximum absolute atomic E-state index is 5.76. The predicted molar refractivity (Wildman–Crippen MR) is 61.6 cm³/mol. The number of thiophene rings is 1.